The van der Waals surface area contributed by atoms with Gasteiger partial charge in [-0.2, -0.15) is 0 Å². The number of hydrogen-bond donors (Lipinski definition) is 1. The fourth-order valence-electron chi connectivity index (χ4n) is 1.67. The summed E-state index contributed by atoms with van der Waals surface area (Å²) in [7, 11) is 0. The van der Waals surface area contributed by atoms with Crippen molar-refractivity contribution in [2.75, 3.05) is 6.54 Å². The molecule has 0 saturated carbocycles. The topological polar surface area (TPSA) is 26.0 Å². The molecule has 0 aliphatic rings. The molecule has 1 aromatic rings. The van der Waals surface area contributed by atoms with Crippen LogP contribution < -0.4 is 5.73 Å². The van der Waals surface area contributed by atoms with Gasteiger partial charge in [-0.3, -0.25) is 0 Å². The predicted molar refractivity (Wildman–Crippen MR) is 62.5 cm³/mol. The van der Waals surface area contributed by atoms with Crippen LogP contribution in [0.3, 0.4) is 0 Å². The second-order valence-electron chi connectivity index (χ2n) is 3.93. The van der Waals surface area contributed by atoms with E-state index in [1.54, 1.807) is 0 Å². The van der Waals surface area contributed by atoms with Crippen molar-refractivity contribution in [2.45, 2.75) is 39.0 Å². The zero-order chi connectivity index (χ0) is 10.4. The van der Waals surface area contributed by atoms with Crippen LogP contribution in [0, 0.1) is 0 Å². The third-order valence-corrected chi connectivity index (χ3v) is 2.80. The number of rotatable bonds is 5. The quantitative estimate of drug-likeness (QED) is 0.760. The molecule has 0 radical (unpaired) electrons. The van der Waals surface area contributed by atoms with Crippen molar-refractivity contribution in [1.29, 1.82) is 0 Å². The normalized spacial score (nSPS) is 12.8. The van der Waals surface area contributed by atoms with Crippen LogP contribution in [0.1, 0.15) is 43.7 Å². The van der Waals surface area contributed by atoms with Crippen LogP contribution in [0.5, 0.6) is 0 Å². The average Bonchev–Trinajstić information content (AvgIpc) is 2.26. The molecule has 0 aliphatic carbocycles. The molecular formula is C13H21N. The van der Waals surface area contributed by atoms with Crippen LogP contribution in [0.25, 0.3) is 0 Å². The first-order chi connectivity index (χ1) is 6.77. The van der Waals surface area contributed by atoms with Gasteiger partial charge >= 0.3 is 0 Å². The molecule has 0 amide bonds. The Bertz CT molecular complexity index is 250. The minimum Gasteiger partial charge on any atom is -0.330 e. The SMILES string of the molecule is CCc1ccc(C(C)CCCN)cc1. The summed E-state index contributed by atoms with van der Waals surface area (Å²) in [4.78, 5) is 0. The Labute approximate surface area is 87.3 Å². The van der Waals surface area contributed by atoms with Gasteiger partial charge < -0.3 is 5.73 Å². The highest BCUT2D eigenvalue weighted by Crippen LogP contribution is 2.20. The Kier molecular flexibility index (Phi) is 4.68. The summed E-state index contributed by atoms with van der Waals surface area (Å²) in [6.45, 7) is 5.26. The maximum Gasteiger partial charge on any atom is -0.00771 e. The van der Waals surface area contributed by atoms with Crippen LogP contribution in [-0.4, -0.2) is 6.54 Å². The second-order valence-corrected chi connectivity index (χ2v) is 3.93. The molecule has 78 valence electrons. The lowest BCUT2D eigenvalue weighted by Crippen LogP contribution is -2.01. The van der Waals surface area contributed by atoms with Crippen molar-refractivity contribution in [2.24, 2.45) is 5.73 Å². The fraction of sp³-hybridized carbons (Fsp3) is 0.538. The van der Waals surface area contributed by atoms with Crippen LogP contribution in [0.15, 0.2) is 24.3 Å². The third-order valence-electron chi connectivity index (χ3n) is 2.80. The largest absolute Gasteiger partial charge is 0.330 e. The minimum atomic E-state index is 0.643. The molecule has 0 aliphatic heterocycles. The Hall–Kier alpha value is -0.820. The maximum atomic E-state index is 5.50. The number of hydrogen-bond acceptors (Lipinski definition) is 1. The van der Waals surface area contributed by atoms with Crippen molar-refractivity contribution in [3.63, 3.8) is 0 Å². The molecule has 0 bridgehead atoms. The lowest BCUT2D eigenvalue weighted by Gasteiger charge is -2.11. The first kappa shape index (κ1) is 11.3. The summed E-state index contributed by atoms with van der Waals surface area (Å²) in [5.41, 5.74) is 8.36. The van der Waals surface area contributed by atoms with E-state index in [4.69, 9.17) is 5.73 Å². The van der Waals surface area contributed by atoms with Gasteiger partial charge in [0.25, 0.3) is 0 Å². The second kappa shape index (κ2) is 5.82. The maximum absolute atomic E-state index is 5.50. The van der Waals surface area contributed by atoms with Gasteiger partial charge in [0.2, 0.25) is 0 Å². The predicted octanol–water partition coefficient (Wildman–Crippen LogP) is 3.09. The van der Waals surface area contributed by atoms with E-state index in [1.165, 1.54) is 17.5 Å². The van der Waals surface area contributed by atoms with E-state index in [9.17, 15) is 0 Å². The highest BCUT2D eigenvalue weighted by molar-refractivity contribution is 5.24. The summed E-state index contributed by atoms with van der Waals surface area (Å²) in [6.07, 6.45) is 3.44. The van der Waals surface area contributed by atoms with Crippen molar-refractivity contribution < 1.29 is 0 Å². The minimum absolute atomic E-state index is 0.643. The smallest absolute Gasteiger partial charge is 0.00771 e. The van der Waals surface area contributed by atoms with Gasteiger partial charge in [0, 0.05) is 0 Å². The Morgan fingerprint density at radius 1 is 1.21 bits per heavy atom. The summed E-state index contributed by atoms with van der Waals surface area (Å²) in [5.74, 6) is 0.643. The van der Waals surface area contributed by atoms with E-state index in [0.29, 0.717) is 5.92 Å². The standard InChI is InChI=1S/C13H21N/c1-3-12-6-8-13(9-7-12)11(2)5-4-10-14/h6-9,11H,3-5,10,14H2,1-2H3. The first-order valence-electron chi connectivity index (χ1n) is 5.56. The van der Waals surface area contributed by atoms with E-state index in [0.717, 1.165) is 19.4 Å². The molecule has 0 heterocycles. The van der Waals surface area contributed by atoms with Crippen molar-refractivity contribution in [3.05, 3.63) is 35.4 Å². The molecule has 1 unspecified atom stereocenters. The molecular weight excluding hydrogens is 170 g/mol. The van der Waals surface area contributed by atoms with Gasteiger partial charge in [0.05, 0.1) is 0 Å². The summed E-state index contributed by atoms with van der Waals surface area (Å²) in [6, 6.07) is 8.96. The van der Waals surface area contributed by atoms with Gasteiger partial charge in [-0.15, -0.1) is 0 Å². The molecule has 0 fully saturated rings. The third kappa shape index (κ3) is 3.15. The van der Waals surface area contributed by atoms with Gasteiger partial charge in [-0.05, 0) is 42.9 Å². The van der Waals surface area contributed by atoms with Gasteiger partial charge in [0.1, 0.15) is 0 Å². The highest BCUT2D eigenvalue weighted by Gasteiger charge is 2.03. The van der Waals surface area contributed by atoms with Gasteiger partial charge in [-0.25, -0.2) is 0 Å². The van der Waals surface area contributed by atoms with Crippen LogP contribution in [-0.2, 0) is 6.42 Å². The van der Waals surface area contributed by atoms with E-state index in [-0.39, 0.29) is 0 Å². The molecule has 1 aromatic carbocycles. The monoisotopic (exact) mass is 191 g/mol. The lowest BCUT2D eigenvalue weighted by atomic mass is 9.95. The summed E-state index contributed by atoms with van der Waals surface area (Å²) < 4.78 is 0. The first-order valence-corrected chi connectivity index (χ1v) is 5.56. The van der Waals surface area contributed by atoms with Gasteiger partial charge in [-0.1, -0.05) is 38.1 Å². The number of aryl methyl sites for hydroxylation is 1. The van der Waals surface area contributed by atoms with Crippen LogP contribution >= 0.6 is 0 Å². The van der Waals surface area contributed by atoms with Crippen LogP contribution in [0.2, 0.25) is 0 Å². The van der Waals surface area contributed by atoms with Crippen LogP contribution in [0.4, 0.5) is 0 Å². The Morgan fingerprint density at radius 3 is 2.36 bits per heavy atom. The molecule has 2 N–H and O–H groups in total. The van der Waals surface area contributed by atoms with Crippen molar-refractivity contribution >= 4 is 0 Å². The molecule has 1 heteroatoms. The zero-order valence-electron chi connectivity index (χ0n) is 9.29. The van der Waals surface area contributed by atoms with Crippen molar-refractivity contribution in [1.82, 2.24) is 0 Å². The molecule has 0 aromatic heterocycles. The van der Waals surface area contributed by atoms with Gasteiger partial charge in [0.15, 0.2) is 0 Å². The molecule has 0 saturated heterocycles. The number of nitrogens with two attached hydrogens (primary N) is 1. The molecule has 1 rings (SSSR count). The van der Waals surface area contributed by atoms with E-state index >= 15 is 0 Å². The molecule has 1 atom stereocenters. The molecule has 1 nitrogen and oxygen atoms in total. The fourth-order valence-corrected chi connectivity index (χ4v) is 1.67. The molecule has 14 heavy (non-hydrogen) atoms. The van der Waals surface area contributed by atoms with E-state index in [2.05, 4.69) is 38.1 Å². The summed E-state index contributed by atoms with van der Waals surface area (Å²) >= 11 is 0. The molecule has 0 spiro atoms. The number of benzene rings is 1. The highest BCUT2D eigenvalue weighted by atomic mass is 14.5. The van der Waals surface area contributed by atoms with E-state index in [1.807, 2.05) is 0 Å². The zero-order valence-corrected chi connectivity index (χ0v) is 9.29. The Morgan fingerprint density at radius 2 is 1.86 bits per heavy atom. The average molecular weight is 191 g/mol. The Balaban J connectivity index is 2.57. The van der Waals surface area contributed by atoms with E-state index < -0.39 is 0 Å². The summed E-state index contributed by atoms with van der Waals surface area (Å²) in [5, 5.41) is 0. The lowest BCUT2D eigenvalue weighted by molar-refractivity contribution is 0.640. The van der Waals surface area contributed by atoms with Crippen molar-refractivity contribution in [3.8, 4) is 0 Å².